The number of ether oxygens (including phenoxy) is 2. The molecule has 2 saturated heterocycles. The molecule has 0 radical (unpaired) electrons. The minimum Gasteiger partial charge on any atom is -0.446 e. The fourth-order valence-electron chi connectivity index (χ4n) is 5.30. The molecule has 0 aromatic carbocycles. The number of rotatable bonds is 4. The highest BCUT2D eigenvalue weighted by Gasteiger charge is 2.40. The van der Waals surface area contributed by atoms with E-state index in [1.165, 1.54) is 4.90 Å². The molecule has 0 atom stereocenters. The quantitative estimate of drug-likeness (QED) is 0.597. The third-order valence-corrected chi connectivity index (χ3v) is 5.62. The molecule has 0 unspecified atom stereocenters. The second kappa shape index (κ2) is 8.54. The molecule has 0 aliphatic carbocycles. The third-order valence-electron chi connectivity index (χ3n) is 5.62. The van der Waals surface area contributed by atoms with Crippen molar-refractivity contribution in [3.63, 3.8) is 0 Å². The summed E-state index contributed by atoms with van der Waals surface area (Å²) >= 11 is 0. The van der Waals surface area contributed by atoms with Crippen LogP contribution in [0.2, 0.25) is 0 Å². The average molecular weight is 427 g/mol. The van der Waals surface area contributed by atoms with Gasteiger partial charge < -0.3 is 25.4 Å². The van der Waals surface area contributed by atoms with Crippen LogP contribution in [-0.4, -0.2) is 65.2 Å². The van der Waals surface area contributed by atoms with Crippen LogP contribution >= 0.6 is 0 Å². The van der Waals surface area contributed by atoms with Crippen molar-refractivity contribution in [3.8, 4) is 0 Å². The average Bonchev–Trinajstić information content (AvgIpc) is 2.45. The number of alkyl carbamates (subject to hydrolysis) is 1. The Morgan fingerprint density at radius 1 is 0.800 bits per heavy atom. The normalized spacial score (nSPS) is 25.2. The number of hydrogen-bond donors (Lipinski definition) is 3. The van der Waals surface area contributed by atoms with Crippen LogP contribution in [0, 0.1) is 0 Å². The highest BCUT2D eigenvalue weighted by molar-refractivity contribution is 5.70. The van der Waals surface area contributed by atoms with Gasteiger partial charge in [-0.05, 0) is 55.4 Å². The Balaban J connectivity index is 1.80. The summed E-state index contributed by atoms with van der Waals surface area (Å²) in [6.45, 7) is 16.9. The SMILES string of the molecule is CN(CNC(=O)OC1CC(C)(C)NC(C)(C)C1)C(=O)OC1CC(C)(C)NC(C)(C)C1. The maximum atomic E-state index is 12.5. The number of hydrogen-bond acceptors (Lipinski definition) is 6. The summed E-state index contributed by atoms with van der Waals surface area (Å²) in [5, 5.41) is 9.80. The standard InChI is InChI=1S/C22H42N4O4/c1-19(2)10-15(11-20(3,4)24-19)29-17(27)23-14-26(9)18(28)30-16-12-21(5,6)25-22(7,8)13-16/h15-16,24-25H,10-14H2,1-9H3,(H,23,27). The summed E-state index contributed by atoms with van der Waals surface area (Å²) < 4.78 is 11.3. The van der Waals surface area contributed by atoms with E-state index in [0.717, 1.165) is 25.7 Å². The van der Waals surface area contributed by atoms with Crippen molar-refractivity contribution < 1.29 is 19.1 Å². The number of carbonyl (C=O) groups excluding carboxylic acids is 2. The Morgan fingerprint density at radius 2 is 1.17 bits per heavy atom. The van der Waals surface area contributed by atoms with Crippen LogP contribution < -0.4 is 16.0 Å². The van der Waals surface area contributed by atoms with Crippen molar-refractivity contribution in [2.75, 3.05) is 13.7 Å². The Bertz CT molecular complexity index is 613. The van der Waals surface area contributed by atoms with E-state index in [2.05, 4.69) is 71.3 Å². The van der Waals surface area contributed by atoms with Gasteiger partial charge in [0.2, 0.25) is 0 Å². The Morgan fingerprint density at radius 3 is 1.57 bits per heavy atom. The van der Waals surface area contributed by atoms with Gasteiger partial charge in [0, 0.05) is 54.9 Å². The van der Waals surface area contributed by atoms with E-state index in [9.17, 15) is 9.59 Å². The fourth-order valence-corrected chi connectivity index (χ4v) is 5.30. The molecule has 0 saturated carbocycles. The van der Waals surface area contributed by atoms with Crippen LogP contribution in [0.1, 0.15) is 81.1 Å². The molecule has 0 bridgehead atoms. The molecule has 3 N–H and O–H groups in total. The highest BCUT2D eigenvalue weighted by Crippen LogP contribution is 2.31. The molecule has 2 fully saturated rings. The maximum absolute atomic E-state index is 12.5. The van der Waals surface area contributed by atoms with Gasteiger partial charge in [-0.15, -0.1) is 0 Å². The molecule has 2 rings (SSSR count). The number of amides is 2. The summed E-state index contributed by atoms with van der Waals surface area (Å²) in [6, 6.07) is 0. The molecule has 2 heterocycles. The first-order chi connectivity index (χ1) is 13.5. The molecular formula is C22H42N4O4. The van der Waals surface area contributed by atoms with Gasteiger partial charge in [-0.25, -0.2) is 9.59 Å². The van der Waals surface area contributed by atoms with Gasteiger partial charge in [0.1, 0.15) is 12.2 Å². The smallest absolute Gasteiger partial charge is 0.411 e. The van der Waals surface area contributed by atoms with Crippen molar-refractivity contribution in [1.29, 1.82) is 0 Å². The molecule has 174 valence electrons. The van der Waals surface area contributed by atoms with Gasteiger partial charge in [0.15, 0.2) is 0 Å². The number of nitrogens with zero attached hydrogens (tertiary/aromatic N) is 1. The maximum Gasteiger partial charge on any atom is 0.411 e. The van der Waals surface area contributed by atoms with Crippen molar-refractivity contribution in [3.05, 3.63) is 0 Å². The zero-order chi connectivity index (χ0) is 23.0. The van der Waals surface area contributed by atoms with Gasteiger partial charge in [0.25, 0.3) is 0 Å². The molecule has 8 nitrogen and oxygen atoms in total. The van der Waals surface area contributed by atoms with Crippen molar-refractivity contribution in [2.45, 2.75) is 115 Å². The Hall–Kier alpha value is -1.54. The molecule has 30 heavy (non-hydrogen) atoms. The van der Waals surface area contributed by atoms with Crippen LogP contribution in [0.25, 0.3) is 0 Å². The molecule has 8 heteroatoms. The van der Waals surface area contributed by atoms with Gasteiger partial charge in [-0.1, -0.05) is 0 Å². The Kier molecular flexibility index (Phi) is 7.04. The molecule has 2 amide bonds. The second-order valence-electron chi connectivity index (χ2n) is 11.7. The molecule has 2 aliphatic heterocycles. The van der Waals surface area contributed by atoms with Crippen LogP contribution in [0.3, 0.4) is 0 Å². The van der Waals surface area contributed by atoms with Crippen LogP contribution in [0.5, 0.6) is 0 Å². The topological polar surface area (TPSA) is 91.9 Å². The first-order valence-corrected chi connectivity index (χ1v) is 10.9. The summed E-state index contributed by atoms with van der Waals surface area (Å²) in [7, 11) is 1.61. The predicted octanol–water partition coefficient (Wildman–Crippen LogP) is 3.36. The summed E-state index contributed by atoms with van der Waals surface area (Å²) in [5.74, 6) is 0. The summed E-state index contributed by atoms with van der Waals surface area (Å²) in [4.78, 5) is 26.1. The monoisotopic (exact) mass is 426 g/mol. The van der Waals surface area contributed by atoms with Gasteiger partial charge in [-0.2, -0.15) is 0 Å². The van der Waals surface area contributed by atoms with E-state index in [1.807, 2.05) is 0 Å². The van der Waals surface area contributed by atoms with Crippen LogP contribution in [0.15, 0.2) is 0 Å². The largest absolute Gasteiger partial charge is 0.446 e. The van der Waals surface area contributed by atoms with E-state index in [1.54, 1.807) is 7.05 Å². The van der Waals surface area contributed by atoms with Gasteiger partial charge in [0.05, 0.1) is 6.67 Å². The summed E-state index contributed by atoms with van der Waals surface area (Å²) in [6.07, 6.45) is 1.66. The van der Waals surface area contributed by atoms with Crippen LogP contribution in [-0.2, 0) is 9.47 Å². The van der Waals surface area contributed by atoms with Crippen LogP contribution in [0.4, 0.5) is 9.59 Å². The lowest BCUT2D eigenvalue weighted by atomic mass is 9.81. The predicted molar refractivity (Wildman–Crippen MR) is 117 cm³/mol. The third kappa shape index (κ3) is 7.61. The number of nitrogens with one attached hydrogen (secondary N) is 3. The lowest BCUT2D eigenvalue weighted by molar-refractivity contribution is 0.00347. The molecule has 0 aromatic heterocycles. The van der Waals surface area contributed by atoms with E-state index < -0.39 is 12.2 Å². The lowest BCUT2D eigenvalue weighted by Gasteiger charge is -2.46. The first-order valence-electron chi connectivity index (χ1n) is 10.9. The first kappa shape index (κ1) is 24.7. The van der Waals surface area contributed by atoms with Crippen molar-refractivity contribution >= 4 is 12.2 Å². The van der Waals surface area contributed by atoms with Crippen molar-refractivity contribution in [1.82, 2.24) is 20.9 Å². The molecule has 2 aliphatic rings. The fraction of sp³-hybridized carbons (Fsp3) is 0.909. The molecule has 0 spiro atoms. The highest BCUT2D eigenvalue weighted by atomic mass is 16.6. The zero-order valence-electron chi connectivity index (χ0n) is 20.3. The van der Waals surface area contributed by atoms with E-state index >= 15 is 0 Å². The second-order valence-corrected chi connectivity index (χ2v) is 11.7. The molecule has 0 aromatic rings. The van der Waals surface area contributed by atoms with Gasteiger partial charge >= 0.3 is 12.2 Å². The van der Waals surface area contributed by atoms with Crippen molar-refractivity contribution in [2.24, 2.45) is 0 Å². The van der Waals surface area contributed by atoms with Gasteiger partial charge in [-0.3, -0.25) is 4.90 Å². The minimum atomic E-state index is -0.516. The molecular weight excluding hydrogens is 384 g/mol. The zero-order valence-corrected chi connectivity index (χ0v) is 20.3. The van der Waals surface area contributed by atoms with E-state index in [-0.39, 0.29) is 41.0 Å². The lowest BCUT2D eigenvalue weighted by Crippen LogP contribution is -2.60. The Labute approximate surface area is 181 Å². The number of piperidine rings is 2. The minimum absolute atomic E-state index is 0.0349. The van der Waals surface area contributed by atoms with E-state index in [0.29, 0.717) is 0 Å². The summed E-state index contributed by atoms with van der Waals surface area (Å²) in [5.41, 5.74) is -0.430. The number of carbonyl (C=O) groups is 2. The van der Waals surface area contributed by atoms with E-state index in [4.69, 9.17) is 9.47 Å².